The maximum Gasteiger partial charge on any atom is 0.000653 e. The zero-order valence-electron chi connectivity index (χ0n) is 30.3. The molecule has 0 amide bonds. The average Bonchev–Trinajstić information content (AvgIpc) is 3.11. The first-order chi connectivity index (χ1) is 24.1. The van der Waals surface area contributed by atoms with Crippen LogP contribution in [0.2, 0.25) is 0 Å². The third kappa shape index (κ3) is 6.87. The smallest absolute Gasteiger partial charge is 0.000653 e. The molecule has 0 nitrogen and oxygen atoms in total. The van der Waals surface area contributed by atoms with Crippen LogP contribution >= 0.6 is 7.92 Å². The van der Waals surface area contributed by atoms with E-state index in [0.717, 1.165) is 0 Å². The van der Waals surface area contributed by atoms with E-state index >= 15 is 0 Å². The van der Waals surface area contributed by atoms with Gasteiger partial charge in [-0.05, 0) is 117 Å². The summed E-state index contributed by atoms with van der Waals surface area (Å²) in [7, 11) is -1.09. The van der Waals surface area contributed by atoms with Crippen molar-refractivity contribution < 1.29 is 0 Å². The molecule has 0 unspecified atom stereocenters. The van der Waals surface area contributed by atoms with Crippen molar-refractivity contribution in [2.45, 2.75) is 48.5 Å². The molecule has 0 bridgehead atoms. The highest BCUT2D eigenvalue weighted by Crippen LogP contribution is 2.47. The van der Waals surface area contributed by atoms with Crippen LogP contribution in [0.3, 0.4) is 0 Å². The SMILES string of the molecule is Cc1ccc(-c2cc(C)cc(-c3ccc(C)cc3)c2P(c2ccc(C)cc2)c2c(-c3ccc(C)cc3)cc(C)cc2-c2ccc(C)cc2)cc1. The van der Waals surface area contributed by atoms with Crippen molar-refractivity contribution >= 4 is 23.8 Å². The van der Waals surface area contributed by atoms with Gasteiger partial charge in [0.1, 0.15) is 0 Å². The number of benzene rings is 7. The van der Waals surface area contributed by atoms with Crippen LogP contribution in [0.1, 0.15) is 38.9 Å². The largest absolute Gasteiger partial charge is 0.0587 e. The number of aryl methyl sites for hydroxylation is 7. The average molecular weight is 665 g/mol. The highest BCUT2D eigenvalue weighted by Gasteiger charge is 2.30. The minimum Gasteiger partial charge on any atom is -0.0587 e. The molecule has 7 aromatic carbocycles. The van der Waals surface area contributed by atoms with E-state index in [1.165, 1.54) is 99.4 Å². The van der Waals surface area contributed by atoms with Gasteiger partial charge in [-0.2, -0.15) is 0 Å². The van der Waals surface area contributed by atoms with Gasteiger partial charge in [-0.25, -0.2) is 0 Å². The maximum atomic E-state index is 2.42. The number of hydrogen-bond donors (Lipinski definition) is 0. The molecule has 0 aromatic heterocycles. The molecular weight excluding hydrogens is 620 g/mol. The highest BCUT2D eigenvalue weighted by molar-refractivity contribution is 7.80. The summed E-state index contributed by atoms with van der Waals surface area (Å²) in [5, 5.41) is 4.14. The molecule has 0 heterocycles. The zero-order valence-corrected chi connectivity index (χ0v) is 31.2. The number of rotatable bonds is 7. The van der Waals surface area contributed by atoms with E-state index in [9.17, 15) is 0 Å². The Morgan fingerprint density at radius 1 is 0.260 bits per heavy atom. The first kappa shape index (κ1) is 33.5. The van der Waals surface area contributed by atoms with Crippen molar-refractivity contribution in [3.8, 4) is 44.5 Å². The van der Waals surface area contributed by atoms with E-state index < -0.39 is 7.92 Å². The van der Waals surface area contributed by atoms with Crippen molar-refractivity contribution in [2.75, 3.05) is 0 Å². The van der Waals surface area contributed by atoms with Crippen LogP contribution in [0.25, 0.3) is 44.5 Å². The van der Waals surface area contributed by atoms with Crippen LogP contribution < -0.4 is 15.9 Å². The third-order valence-corrected chi connectivity index (χ3v) is 12.4. The molecule has 0 N–H and O–H groups in total. The topological polar surface area (TPSA) is 0 Å². The van der Waals surface area contributed by atoms with Crippen LogP contribution in [0.5, 0.6) is 0 Å². The minimum absolute atomic E-state index is 1.09. The second-order valence-electron chi connectivity index (χ2n) is 14.1. The maximum absolute atomic E-state index is 2.42. The minimum atomic E-state index is -1.09. The Balaban J connectivity index is 1.68. The summed E-state index contributed by atoms with van der Waals surface area (Å²) < 4.78 is 0. The summed E-state index contributed by atoms with van der Waals surface area (Å²) in [5.41, 5.74) is 19.1. The molecule has 50 heavy (non-hydrogen) atoms. The molecule has 0 aliphatic carbocycles. The van der Waals surface area contributed by atoms with E-state index in [0.29, 0.717) is 0 Å². The van der Waals surface area contributed by atoms with Gasteiger partial charge < -0.3 is 0 Å². The van der Waals surface area contributed by atoms with Gasteiger partial charge in [0.2, 0.25) is 0 Å². The lowest BCUT2D eigenvalue weighted by Crippen LogP contribution is -2.27. The van der Waals surface area contributed by atoms with E-state index in [2.05, 4.69) is 194 Å². The molecule has 0 fully saturated rings. The lowest BCUT2D eigenvalue weighted by molar-refractivity contribution is 1.44. The van der Waals surface area contributed by atoms with Gasteiger partial charge in [-0.1, -0.05) is 173 Å². The lowest BCUT2D eigenvalue weighted by atomic mass is 9.95. The Morgan fingerprint density at radius 2 is 0.480 bits per heavy atom. The lowest BCUT2D eigenvalue weighted by Gasteiger charge is -2.30. The normalized spacial score (nSPS) is 11.3. The van der Waals surface area contributed by atoms with Crippen molar-refractivity contribution in [3.05, 3.63) is 185 Å². The van der Waals surface area contributed by atoms with E-state index in [-0.39, 0.29) is 0 Å². The molecule has 0 saturated carbocycles. The molecule has 0 aliphatic rings. The Kier molecular flexibility index (Phi) is 9.42. The van der Waals surface area contributed by atoms with Gasteiger partial charge in [0, 0.05) is 10.6 Å². The molecule has 0 atom stereocenters. The summed E-state index contributed by atoms with van der Waals surface area (Å²) in [6.07, 6.45) is 0. The van der Waals surface area contributed by atoms with Crippen molar-refractivity contribution in [1.29, 1.82) is 0 Å². The Hall–Kier alpha value is -5.03. The molecule has 1 heteroatoms. The molecular formula is C49H45P. The summed E-state index contributed by atoms with van der Waals surface area (Å²) in [4.78, 5) is 0. The Morgan fingerprint density at radius 3 is 0.720 bits per heavy atom. The number of hydrogen-bond acceptors (Lipinski definition) is 0. The molecule has 0 spiro atoms. The molecule has 0 aliphatic heterocycles. The molecule has 0 saturated heterocycles. The highest BCUT2D eigenvalue weighted by atomic mass is 31.1. The van der Waals surface area contributed by atoms with Crippen LogP contribution in [0, 0.1) is 48.5 Å². The van der Waals surface area contributed by atoms with Crippen LogP contribution in [0.4, 0.5) is 0 Å². The summed E-state index contributed by atoms with van der Waals surface area (Å²) in [6, 6.07) is 55.6. The monoisotopic (exact) mass is 664 g/mol. The van der Waals surface area contributed by atoms with Crippen LogP contribution in [-0.4, -0.2) is 0 Å². The van der Waals surface area contributed by atoms with Crippen molar-refractivity contribution in [2.24, 2.45) is 0 Å². The van der Waals surface area contributed by atoms with E-state index in [4.69, 9.17) is 0 Å². The van der Waals surface area contributed by atoms with Crippen molar-refractivity contribution in [3.63, 3.8) is 0 Å². The van der Waals surface area contributed by atoms with Gasteiger partial charge in [-0.3, -0.25) is 0 Å². The molecule has 246 valence electrons. The Bertz CT molecular complexity index is 1990. The first-order valence-corrected chi connectivity index (χ1v) is 18.9. The summed E-state index contributed by atoms with van der Waals surface area (Å²) in [6.45, 7) is 15.4. The third-order valence-electron chi connectivity index (χ3n) is 9.70. The summed E-state index contributed by atoms with van der Waals surface area (Å²) >= 11 is 0. The van der Waals surface area contributed by atoms with Gasteiger partial charge in [-0.15, -0.1) is 0 Å². The molecule has 7 aromatic rings. The van der Waals surface area contributed by atoms with Gasteiger partial charge in [0.05, 0.1) is 0 Å². The second-order valence-corrected chi connectivity index (χ2v) is 16.1. The quantitative estimate of drug-likeness (QED) is 0.149. The predicted molar refractivity (Wildman–Crippen MR) is 220 cm³/mol. The van der Waals surface area contributed by atoms with Crippen molar-refractivity contribution in [1.82, 2.24) is 0 Å². The second kappa shape index (κ2) is 14.1. The fourth-order valence-electron chi connectivity index (χ4n) is 6.92. The van der Waals surface area contributed by atoms with Crippen LogP contribution in [0.15, 0.2) is 146 Å². The van der Waals surface area contributed by atoms with Gasteiger partial charge >= 0.3 is 0 Å². The van der Waals surface area contributed by atoms with Gasteiger partial charge in [0.15, 0.2) is 0 Å². The van der Waals surface area contributed by atoms with Gasteiger partial charge in [0.25, 0.3) is 0 Å². The summed E-state index contributed by atoms with van der Waals surface area (Å²) in [5.74, 6) is 0. The fraction of sp³-hybridized carbons (Fsp3) is 0.143. The molecule has 7 rings (SSSR count). The fourth-order valence-corrected chi connectivity index (χ4v) is 9.84. The standard InChI is InChI=1S/C49H45P/c1-32-8-18-39(19-9-32)44-28-37(6)29-45(40-20-10-33(2)11-21-40)48(44)50(43-26-16-36(5)17-27-43)49-46(41-22-12-34(3)13-23-41)30-38(7)31-47(49)42-24-14-35(4)15-25-42/h8-31H,1-7H3. The molecule has 0 radical (unpaired) electrons. The Labute approximate surface area is 300 Å². The van der Waals surface area contributed by atoms with E-state index in [1.54, 1.807) is 0 Å². The first-order valence-electron chi connectivity index (χ1n) is 17.6. The predicted octanol–water partition coefficient (Wildman–Crippen LogP) is 12.3. The van der Waals surface area contributed by atoms with Crippen LogP contribution in [-0.2, 0) is 0 Å². The van der Waals surface area contributed by atoms with E-state index in [1.807, 2.05) is 0 Å². The zero-order chi connectivity index (χ0) is 34.9.